The molecule has 4 aromatic rings. The van der Waals surface area contributed by atoms with Crippen molar-refractivity contribution >= 4 is 41.0 Å². The number of carbonyl (C=O) groups excluding carboxylic acids is 1. The van der Waals surface area contributed by atoms with Crippen molar-refractivity contribution in [2.75, 3.05) is 31.3 Å². The highest BCUT2D eigenvalue weighted by atomic mass is 35.5. The van der Waals surface area contributed by atoms with E-state index in [0.717, 1.165) is 11.6 Å². The van der Waals surface area contributed by atoms with E-state index in [1.807, 2.05) is 13.0 Å². The number of carboxylic acids is 1. The third-order valence-electron chi connectivity index (χ3n) is 6.71. The molecule has 0 unspecified atom stereocenters. The van der Waals surface area contributed by atoms with Gasteiger partial charge in [-0.15, -0.1) is 0 Å². The van der Waals surface area contributed by atoms with Gasteiger partial charge in [0.25, 0.3) is 0 Å². The van der Waals surface area contributed by atoms with E-state index < -0.39 is 17.9 Å². The van der Waals surface area contributed by atoms with Crippen molar-refractivity contribution in [2.45, 2.75) is 19.9 Å². The van der Waals surface area contributed by atoms with E-state index in [4.69, 9.17) is 42.5 Å². The smallest absolute Gasteiger partial charge is 0.414 e. The maximum Gasteiger partial charge on any atom is 0.414 e. The summed E-state index contributed by atoms with van der Waals surface area (Å²) in [5, 5.41) is 14.0. The number of hydrogen-bond donors (Lipinski definition) is 1. The number of amides is 1. The fourth-order valence-electron chi connectivity index (χ4n) is 4.55. The molecule has 2 heterocycles. The summed E-state index contributed by atoms with van der Waals surface area (Å²) in [4.78, 5) is 25.8. The fourth-order valence-corrected chi connectivity index (χ4v) is 4.99. The number of benzene rings is 3. The molecule has 0 atom stereocenters. The zero-order chi connectivity index (χ0) is 29.8. The van der Waals surface area contributed by atoms with Crippen LogP contribution in [-0.4, -0.2) is 53.3 Å². The molecule has 42 heavy (non-hydrogen) atoms. The second kappa shape index (κ2) is 12.7. The van der Waals surface area contributed by atoms with Crippen LogP contribution >= 0.6 is 23.2 Å². The number of fused-ring (bicyclic) bond motifs is 1. The van der Waals surface area contributed by atoms with Gasteiger partial charge < -0.3 is 19.3 Å². The number of nitrogens with zero attached hydrogens (tertiary/aromatic N) is 3. The van der Waals surface area contributed by atoms with Gasteiger partial charge in [0, 0.05) is 45.0 Å². The van der Waals surface area contributed by atoms with Gasteiger partial charge in [0.2, 0.25) is 0 Å². The molecule has 5 rings (SSSR count). The van der Waals surface area contributed by atoms with Crippen LogP contribution in [0.1, 0.15) is 27.9 Å². The lowest BCUT2D eigenvalue weighted by Gasteiger charge is -2.22. The van der Waals surface area contributed by atoms with E-state index in [2.05, 4.69) is 5.10 Å². The Bertz CT molecular complexity index is 1620. The number of anilines is 1. The summed E-state index contributed by atoms with van der Waals surface area (Å²) >= 11 is 12.3. The Kier molecular flexibility index (Phi) is 8.84. The second-order valence-corrected chi connectivity index (χ2v) is 10.3. The van der Waals surface area contributed by atoms with Crippen LogP contribution in [0.3, 0.4) is 0 Å². The molecule has 0 radical (unpaired) electrons. The SMILES string of the molecule is Cc1c(Cl)cccc1OCCOC(=O)N1CCCOc2c(-c3cnn(Cc4c(F)cc(C(=O)O)cc4Cl)c3)cccc21. The molecular weight excluding hydrogens is 588 g/mol. The van der Waals surface area contributed by atoms with Crippen molar-refractivity contribution < 1.29 is 33.3 Å². The molecule has 1 aliphatic heterocycles. The highest BCUT2D eigenvalue weighted by Crippen LogP contribution is 2.40. The van der Waals surface area contributed by atoms with Gasteiger partial charge in [-0.3, -0.25) is 9.58 Å². The standard InChI is InChI=1S/C30H26Cl2FN3O6/c1-18-23(31)6-3-8-27(18)40-11-12-42-30(39)36-9-4-10-41-28-21(5-2-7-26(28)36)20-15-34-35(16-20)17-22-24(32)13-19(29(37)38)14-25(22)33/h2-3,5-8,13-16H,4,9-12,17H2,1H3,(H,37,38). The maximum absolute atomic E-state index is 14.6. The zero-order valence-electron chi connectivity index (χ0n) is 22.5. The van der Waals surface area contributed by atoms with Crippen LogP contribution in [0, 0.1) is 12.7 Å². The van der Waals surface area contributed by atoms with Crippen LogP contribution in [0.25, 0.3) is 11.1 Å². The first kappa shape index (κ1) is 29.2. The number of ether oxygens (including phenoxy) is 3. The van der Waals surface area contributed by atoms with E-state index in [1.54, 1.807) is 42.7 Å². The van der Waals surface area contributed by atoms with Gasteiger partial charge in [-0.05, 0) is 43.7 Å². The van der Waals surface area contributed by atoms with Gasteiger partial charge in [0.05, 0.1) is 30.6 Å². The molecule has 0 aliphatic carbocycles. The first-order chi connectivity index (χ1) is 20.2. The van der Waals surface area contributed by atoms with E-state index >= 15 is 0 Å². The van der Waals surface area contributed by atoms with Crippen molar-refractivity contribution in [1.82, 2.24) is 9.78 Å². The summed E-state index contributed by atoms with van der Waals surface area (Å²) < 4.78 is 33.4. The average Bonchev–Trinajstić information content (AvgIpc) is 3.32. The van der Waals surface area contributed by atoms with Crippen LogP contribution in [0.5, 0.6) is 11.5 Å². The number of aromatic carboxylic acids is 1. The first-order valence-corrected chi connectivity index (χ1v) is 13.8. The Morgan fingerprint density at radius 1 is 1.12 bits per heavy atom. The van der Waals surface area contributed by atoms with Gasteiger partial charge in [-0.1, -0.05) is 41.4 Å². The highest BCUT2D eigenvalue weighted by molar-refractivity contribution is 6.32. The summed E-state index contributed by atoms with van der Waals surface area (Å²) in [6.07, 6.45) is 3.35. The third kappa shape index (κ3) is 6.29. The highest BCUT2D eigenvalue weighted by Gasteiger charge is 2.26. The van der Waals surface area contributed by atoms with Crippen molar-refractivity contribution in [1.29, 1.82) is 0 Å². The minimum absolute atomic E-state index is 0.0105. The monoisotopic (exact) mass is 613 g/mol. The second-order valence-electron chi connectivity index (χ2n) is 9.48. The lowest BCUT2D eigenvalue weighted by molar-refractivity contribution is 0.0696. The molecule has 1 aromatic heterocycles. The maximum atomic E-state index is 14.6. The van der Waals surface area contributed by atoms with E-state index in [9.17, 15) is 14.0 Å². The van der Waals surface area contributed by atoms with Gasteiger partial charge >= 0.3 is 12.1 Å². The van der Waals surface area contributed by atoms with E-state index in [1.165, 1.54) is 15.6 Å². The summed E-state index contributed by atoms with van der Waals surface area (Å²) in [7, 11) is 0. The topological polar surface area (TPSA) is 103 Å². The molecule has 1 N–H and O–H groups in total. The number of carboxylic acid groups (broad SMARTS) is 1. The Balaban J connectivity index is 1.30. The molecule has 3 aromatic carbocycles. The molecule has 1 amide bonds. The molecule has 0 saturated carbocycles. The Labute approximate surface area is 250 Å². The zero-order valence-corrected chi connectivity index (χ0v) is 24.0. The number of para-hydroxylation sites is 1. The third-order valence-corrected chi connectivity index (χ3v) is 7.46. The van der Waals surface area contributed by atoms with Crippen LogP contribution in [-0.2, 0) is 11.3 Å². The molecule has 0 bridgehead atoms. The van der Waals surface area contributed by atoms with Crippen molar-refractivity contribution in [2.24, 2.45) is 0 Å². The molecule has 0 spiro atoms. The predicted molar refractivity (Wildman–Crippen MR) is 156 cm³/mol. The normalized spacial score (nSPS) is 12.7. The number of carbonyl (C=O) groups is 2. The lowest BCUT2D eigenvalue weighted by Crippen LogP contribution is -2.33. The van der Waals surface area contributed by atoms with Gasteiger partial charge in [-0.25, -0.2) is 14.0 Å². The Morgan fingerprint density at radius 2 is 1.93 bits per heavy atom. The molecular formula is C30H26Cl2FN3O6. The number of hydrogen-bond acceptors (Lipinski definition) is 6. The Morgan fingerprint density at radius 3 is 2.71 bits per heavy atom. The molecule has 0 saturated heterocycles. The first-order valence-electron chi connectivity index (χ1n) is 13.0. The molecule has 218 valence electrons. The fraction of sp³-hybridized carbons (Fsp3) is 0.233. The minimum atomic E-state index is -1.27. The minimum Gasteiger partial charge on any atom is -0.491 e. The van der Waals surface area contributed by atoms with Gasteiger partial charge in [0.1, 0.15) is 24.8 Å². The van der Waals surface area contributed by atoms with Crippen molar-refractivity contribution in [3.05, 3.63) is 93.5 Å². The number of halogens is 3. The quantitative estimate of drug-likeness (QED) is 0.217. The van der Waals surface area contributed by atoms with Gasteiger partial charge in [-0.2, -0.15) is 5.10 Å². The molecule has 0 fully saturated rings. The van der Waals surface area contributed by atoms with Gasteiger partial charge in [0.15, 0.2) is 5.75 Å². The number of rotatable bonds is 8. The lowest BCUT2D eigenvalue weighted by atomic mass is 10.1. The largest absolute Gasteiger partial charge is 0.491 e. The molecule has 12 heteroatoms. The van der Waals surface area contributed by atoms with Crippen LogP contribution < -0.4 is 14.4 Å². The molecule has 1 aliphatic rings. The average molecular weight is 614 g/mol. The summed E-state index contributed by atoms with van der Waals surface area (Å²) in [6.45, 7) is 2.81. The van der Waals surface area contributed by atoms with E-state index in [0.29, 0.717) is 52.9 Å². The summed E-state index contributed by atoms with van der Waals surface area (Å²) in [5.74, 6) is -0.893. The van der Waals surface area contributed by atoms with Crippen LogP contribution in [0.4, 0.5) is 14.9 Å². The summed E-state index contributed by atoms with van der Waals surface area (Å²) in [5.41, 5.74) is 2.59. The van der Waals surface area contributed by atoms with E-state index in [-0.39, 0.29) is 35.9 Å². The van der Waals surface area contributed by atoms with Crippen LogP contribution in [0.2, 0.25) is 10.0 Å². The Hall–Kier alpha value is -4.28. The number of aromatic nitrogens is 2. The van der Waals surface area contributed by atoms with Crippen molar-refractivity contribution in [3.8, 4) is 22.6 Å². The summed E-state index contributed by atoms with van der Waals surface area (Å²) in [6, 6.07) is 12.9. The predicted octanol–water partition coefficient (Wildman–Crippen LogP) is 6.86. The molecule has 9 nitrogen and oxygen atoms in total. The van der Waals surface area contributed by atoms with Crippen molar-refractivity contribution in [3.63, 3.8) is 0 Å². The van der Waals surface area contributed by atoms with Crippen LogP contribution in [0.15, 0.2) is 60.9 Å².